The van der Waals surface area contributed by atoms with Crippen LogP contribution < -0.4 is 0 Å². The van der Waals surface area contributed by atoms with Gasteiger partial charge in [-0.25, -0.2) is 0 Å². The maximum atomic E-state index is 4.85. The van der Waals surface area contributed by atoms with Gasteiger partial charge in [-0.15, -0.1) is 6.42 Å². The van der Waals surface area contributed by atoms with Crippen LogP contribution in [0.15, 0.2) is 12.8 Å². The molecule has 0 aromatic heterocycles. The van der Waals surface area contributed by atoms with E-state index in [1.807, 2.05) is 0 Å². The molecule has 0 aliphatic rings. The minimum Gasteiger partial charge on any atom is -0.476 e. The van der Waals surface area contributed by atoms with Crippen LogP contribution in [0, 0.1) is 12.3 Å². The largest absolute Gasteiger partial charge is 0.476 e. The van der Waals surface area contributed by atoms with Gasteiger partial charge in [-0.1, -0.05) is 12.5 Å². The summed E-state index contributed by atoms with van der Waals surface area (Å²) in [5.74, 6) is 2.29. The van der Waals surface area contributed by atoms with Gasteiger partial charge in [0.2, 0.25) is 0 Å². The maximum Gasteiger partial charge on any atom is 0.189 e. The highest BCUT2D eigenvalue weighted by Gasteiger charge is 1.75. The normalized spacial score (nSPS) is 7.38. The van der Waals surface area contributed by atoms with Crippen molar-refractivity contribution in [1.29, 1.82) is 0 Å². The van der Waals surface area contributed by atoms with Crippen LogP contribution in [0.25, 0.3) is 0 Å². The van der Waals surface area contributed by atoms with Crippen LogP contribution in [0.4, 0.5) is 0 Å². The number of rotatable bonds is 4. The highest BCUT2D eigenvalue weighted by molar-refractivity contribution is 4.82. The lowest BCUT2D eigenvalue weighted by atomic mass is 10.8. The van der Waals surface area contributed by atoms with Crippen LogP contribution in [-0.4, -0.2) is 13.4 Å². The second-order valence-corrected chi connectivity index (χ2v) is 1.00. The summed E-state index contributed by atoms with van der Waals surface area (Å²) in [6.07, 6.45) is 6.16. The molecule has 0 saturated heterocycles. The molecule has 0 aromatic carbocycles. The van der Waals surface area contributed by atoms with Gasteiger partial charge >= 0.3 is 0 Å². The summed E-state index contributed by atoms with van der Waals surface area (Å²) in [6.45, 7) is 3.78. The van der Waals surface area contributed by atoms with Crippen LogP contribution >= 0.6 is 0 Å². The molecular formula is C6H8O2. The van der Waals surface area contributed by atoms with Gasteiger partial charge in [0.1, 0.15) is 6.61 Å². The van der Waals surface area contributed by atoms with Crippen molar-refractivity contribution in [1.82, 2.24) is 0 Å². The molecular weight excluding hydrogens is 104 g/mol. The number of hydrogen-bond acceptors (Lipinski definition) is 2. The number of terminal acetylenes is 1. The first-order valence-electron chi connectivity index (χ1n) is 2.15. The molecule has 0 fully saturated rings. The minimum atomic E-state index is 0.188. The molecule has 0 amide bonds. The molecule has 0 atom stereocenters. The van der Waals surface area contributed by atoms with E-state index in [9.17, 15) is 0 Å². The molecule has 0 rings (SSSR count). The third-order valence-corrected chi connectivity index (χ3v) is 0.455. The molecule has 2 nitrogen and oxygen atoms in total. The van der Waals surface area contributed by atoms with Crippen molar-refractivity contribution in [3.63, 3.8) is 0 Å². The van der Waals surface area contributed by atoms with Crippen molar-refractivity contribution in [3.05, 3.63) is 12.8 Å². The molecule has 0 aliphatic carbocycles. The monoisotopic (exact) mass is 112 g/mol. The first-order chi connectivity index (χ1) is 3.91. The third-order valence-electron chi connectivity index (χ3n) is 0.455. The lowest BCUT2D eigenvalue weighted by molar-refractivity contribution is 0.00478. The second kappa shape index (κ2) is 6.06. The Kier molecular flexibility index (Phi) is 5.35. The van der Waals surface area contributed by atoms with E-state index in [1.165, 1.54) is 6.26 Å². The van der Waals surface area contributed by atoms with Gasteiger partial charge in [0.15, 0.2) is 6.79 Å². The minimum absolute atomic E-state index is 0.188. The first-order valence-corrected chi connectivity index (χ1v) is 2.15. The Bertz CT molecular complexity index is 91.2. The standard InChI is InChI=1S/C6H8O2/c1-3-5-8-6-7-4-2/h1,4H,2,5-6H2. The first kappa shape index (κ1) is 7.06. The van der Waals surface area contributed by atoms with Gasteiger partial charge < -0.3 is 9.47 Å². The van der Waals surface area contributed by atoms with E-state index < -0.39 is 0 Å². The average molecular weight is 112 g/mol. The molecule has 0 saturated carbocycles. The fourth-order valence-corrected chi connectivity index (χ4v) is 0.197. The van der Waals surface area contributed by atoms with Gasteiger partial charge in [0, 0.05) is 0 Å². The van der Waals surface area contributed by atoms with E-state index in [0.717, 1.165) is 0 Å². The summed E-state index contributed by atoms with van der Waals surface area (Å²) in [6, 6.07) is 0. The highest BCUT2D eigenvalue weighted by Crippen LogP contribution is 1.74. The molecule has 0 N–H and O–H groups in total. The van der Waals surface area contributed by atoms with Crippen LogP contribution in [0.3, 0.4) is 0 Å². The molecule has 0 bridgehead atoms. The van der Waals surface area contributed by atoms with E-state index >= 15 is 0 Å². The van der Waals surface area contributed by atoms with E-state index in [-0.39, 0.29) is 13.4 Å². The van der Waals surface area contributed by atoms with E-state index in [4.69, 9.17) is 11.2 Å². The van der Waals surface area contributed by atoms with Crippen molar-refractivity contribution in [2.45, 2.75) is 0 Å². The van der Waals surface area contributed by atoms with Crippen molar-refractivity contribution < 1.29 is 9.47 Å². The Morgan fingerprint density at radius 2 is 2.50 bits per heavy atom. The molecule has 8 heavy (non-hydrogen) atoms. The average Bonchev–Trinajstić information content (AvgIpc) is 1.81. The Morgan fingerprint density at radius 1 is 1.75 bits per heavy atom. The number of hydrogen-bond donors (Lipinski definition) is 0. The summed E-state index contributed by atoms with van der Waals surface area (Å²) in [5.41, 5.74) is 0. The van der Waals surface area contributed by atoms with Gasteiger partial charge in [0.25, 0.3) is 0 Å². The number of ether oxygens (including phenoxy) is 2. The summed E-state index contributed by atoms with van der Waals surface area (Å²) in [4.78, 5) is 0. The fourth-order valence-electron chi connectivity index (χ4n) is 0.197. The van der Waals surface area contributed by atoms with Crippen LogP contribution in [0.5, 0.6) is 0 Å². The Hall–Kier alpha value is -0.940. The van der Waals surface area contributed by atoms with Gasteiger partial charge in [-0.2, -0.15) is 0 Å². The maximum absolute atomic E-state index is 4.85. The summed E-state index contributed by atoms with van der Waals surface area (Å²) < 4.78 is 9.28. The molecule has 0 aliphatic heterocycles. The van der Waals surface area contributed by atoms with E-state index in [0.29, 0.717) is 0 Å². The van der Waals surface area contributed by atoms with Gasteiger partial charge in [-0.05, 0) is 0 Å². The zero-order chi connectivity index (χ0) is 6.24. The zero-order valence-electron chi connectivity index (χ0n) is 4.59. The van der Waals surface area contributed by atoms with Crippen LogP contribution in [-0.2, 0) is 9.47 Å². The molecule has 44 valence electrons. The van der Waals surface area contributed by atoms with Crippen molar-refractivity contribution in [2.24, 2.45) is 0 Å². The highest BCUT2D eigenvalue weighted by atomic mass is 16.7. The van der Waals surface area contributed by atoms with Crippen LogP contribution in [0.2, 0.25) is 0 Å². The molecule has 2 heteroatoms. The molecule has 0 unspecified atom stereocenters. The smallest absolute Gasteiger partial charge is 0.189 e. The Balaban J connectivity index is 2.74. The van der Waals surface area contributed by atoms with Crippen molar-refractivity contribution >= 4 is 0 Å². The molecule has 0 heterocycles. The summed E-state index contributed by atoms with van der Waals surface area (Å²) in [5, 5.41) is 0. The molecule has 0 radical (unpaired) electrons. The second-order valence-electron chi connectivity index (χ2n) is 1.00. The molecule has 0 aromatic rings. The topological polar surface area (TPSA) is 18.5 Å². The predicted molar refractivity (Wildman–Crippen MR) is 30.9 cm³/mol. The fraction of sp³-hybridized carbons (Fsp3) is 0.333. The Morgan fingerprint density at radius 3 is 3.00 bits per heavy atom. The van der Waals surface area contributed by atoms with Gasteiger partial charge in [0.05, 0.1) is 6.26 Å². The third kappa shape index (κ3) is 5.06. The molecule has 0 spiro atoms. The van der Waals surface area contributed by atoms with E-state index in [2.05, 4.69) is 17.2 Å². The quantitative estimate of drug-likeness (QED) is 0.231. The SMILES string of the molecule is C#CCOCOC=C. The van der Waals surface area contributed by atoms with Crippen LogP contribution in [0.1, 0.15) is 0 Å². The van der Waals surface area contributed by atoms with E-state index in [1.54, 1.807) is 0 Å². The van der Waals surface area contributed by atoms with Gasteiger partial charge in [-0.3, -0.25) is 0 Å². The Labute approximate surface area is 49.1 Å². The summed E-state index contributed by atoms with van der Waals surface area (Å²) >= 11 is 0. The lowest BCUT2D eigenvalue weighted by Crippen LogP contribution is -1.94. The predicted octanol–water partition coefficient (Wildman–Crippen LogP) is 0.754. The lowest BCUT2D eigenvalue weighted by Gasteiger charge is -1.96. The zero-order valence-corrected chi connectivity index (χ0v) is 4.59. The van der Waals surface area contributed by atoms with Crippen molar-refractivity contribution in [3.8, 4) is 12.3 Å². The van der Waals surface area contributed by atoms with Crippen molar-refractivity contribution in [2.75, 3.05) is 13.4 Å². The summed E-state index contributed by atoms with van der Waals surface area (Å²) in [7, 11) is 0.